The quantitative estimate of drug-likeness (QED) is 0.905. The van der Waals surface area contributed by atoms with Gasteiger partial charge in [-0.25, -0.2) is 0 Å². The molecule has 7 heteroatoms. The lowest BCUT2D eigenvalue weighted by atomic mass is 10.0. The predicted molar refractivity (Wildman–Crippen MR) is 84.6 cm³/mol. The number of carboxylic acid groups (broad SMARTS) is 1. The number of aliphatic carboxylic acids is 1. The van der Waals surface area contributed by atoms with Crippen molar-refractivity contribution in [3.63, 3.8) is 0 Å². The number of benzene rings is 1. The van der Waals surface area contributed by atoms with Gasteiger partial charge in [0, 0.05) is 12.1 Å². The highest BCUT2D eigenvalue weighted by atomic mass is 16.4. The van der Waals surface area contributed by atoms with Crippen molar-refractivity contribution in [2.75, 3.05) is 6.54 Å². The van der Waals surface area contributed by atoms with Crippen LogP contribution in [0, 0.1) is 0 Å². The van der Waals surface area contributed by atoms with E-state index < -0.39 is 5.97 Å². The third kappa shape index (κ3) is 3.56. The van der Waals surface area contributed by atoms with E-state index in [0.29, 0.717) is 18.9 Å². The summed E-state index contributed by atoms with van der Waals surface area (Å²) in [4.78, 5) is 15.0. The maximum Gasteiger partial charge on any atom is 0.320 e. The summed E-state index contributed by atoms with van der Waals surface area (Å²) in [6.45, 7) is 4.15. The Kier molecular flexibility index (Phi) is 4.66. The van der Waals surface area contributed by atoms with Crippen LogP contribution in [0.4, 0.5) is 0 Å². The van der Waals surface area contributed by atoms with Gasteiger partial charge in [-0.2, -0.15) is 4.80 Å². The number of likely N-dealkylation sites (tertiary alicyclic amines) is 1. The molecule has 0 radical (unpaired) electrons. The highest BCUT2D eigenvalue weighted by Gasteiger charge is 2.28. The normalized spacial score (nSPS) is 18.9. The van der Waals surface area contributed by atoms with Gasteiger partial charge in [0.25, 0.3) is 0 Å². The van der Waals surface area contributed by atoms with Gasteiger partial charge >= 0.3 is 5.97 Å². The molecule has 1 fully saturated rings. The number of hydrogen-bond donors (Lipinski definition) is 1. The molecule has 0 aliphatic carbocycles. The molecule has 2 aromatic rings. The maximum atomic E-state index is 11.4. The summed E-state index contributed by atoms with van der Waals surface area (Å²) >= 11 is 0. The largest absolute Gasteiger partial charge is 0.480 e. The van der Waals surface area contributed by atoms with E-state index in [2.05, 4.69) is 15.4 Å². The summed E-state index contributed by atoms with van der Waals surface area (Å²) in [5, 5.41) is 21.6. The number of aryl methyl sites for hydroxylation is 1. The Morgan fingerprint density at radius 1 is 1.30 bits per heavy atom. The molecule has 0 saturated carbocycles. The molecule has 1 aliphatic rings. The van der Waals surface area contributed by atoms with E-state index in [4.69, 9.17) is 0 Å². The van der Waals surface area contributed by atoms with Crippen LogP contribution in [0.15, 0.2) is 24.3 Å². The van der Waals surface area contributed by atoms with Crippen LogP contribution in [-0.4, -0.2) is 48.8 Å². The fraction of sp³-hybridized carbons (Fsp3) is 0.500. The van der Waals surface area contributed by atoms with Crippen LogP contribution in [0.5, 0.6) is 0 Å². The smallest absolute Gasteiger partial charge is 0.320 e. The van der Waals surface area contributed by atoms with E-state index >= 15 is 0 Å². The molecule has 1 saturated heterocycles. The molecule has 7 nitrogen and oxygen atoms in total. The minimum atomic E-state index is -0.721. The van der Waals surface area contributed by atoms with Gasteiger partial charge in [0.2, 0.25) is 5.82 Å². The Bertz CT molecular complexity index is 667. The van der Waals surface area contributed by atoms with Gasteiger partial charge < -0.3 is 5.11 Å². The van der Waals surface area contributed by atoms with E-state index in [1.807, 2.05) is 36.1 Å². The molecule has 1 unspecified atom stereocenters. The third-order valence-electron chi connectivity index (χ3n) is 4.23. The van der Waals surface area contributed by atoms with Crippen LogP contribution < -0.4 is 0 Å². The van der Waals surface area contributed by atoms with Crippen LogP contribution in [0.1, 0.15) is 31.7 Å². The Balaban J connectivity index is 1.70. The summed E-state index contributed by atoms with van der Waals surface area (Å²) in [6, 6.07) is 7.58. The number of carboxylic acids is 1. The van der Waals surface area contributed by atoms with Gasteiger partial charge in [0.15, 0.2) is 0 Å². The first-order valence-electron chi connectivity index (χ1n) is 8.01. The highest BCUT2D eigenvalue weighted by Crippen LogP contribution is 2.21. The lowest BCUT2D eigenvalue weighted by Gasteiger charge is -2.32. The second kappa shape index (κ2) is 6.87. The number of aromatic nitrogens is 4. The van der Waals surface area contributed by atoms with E-state index in [9.17, 15) is 9.90 Å². The SMILES string of the molecule is CCn1nnc(-c2ccc(CN3CCCCC3C(=O)O)cc2)n1. The van der Waals surface area contributed by atoms with Gasteiger partial charge in [-0.3, -0.25) is 9.69 Å². The zero-order chi connectivity index (χ0) is 16.2. The summed E-state index contributed by atoms with van der Waals surface area (Å²) < 4.78 is 0. The van der Waals surface area contributed by atoms with E-state index in [-0.39, 0.29) is 6.04 Å². The molecule has 122 valence electrons. The summed E-state index contributed by atoms with van der Waals surface area (Å²) in [5.41, 5.74) is 2.02. The third-order valence-corrected chi connectivity index (χ3v) is 4.23. The molecule has 1 aromatic heterocycles. The van der Waals surface area contributed by atoms with Crippen molar-refractivity contribution in [1.82, 2.24) is 25.1 Å². The topological polar surface area (TPSA) is 84.1 Å². The van der Waals surface area contributed by atoms with Gasteiger partial charge in [-0.15, -0.1) is 10.2 Å². The van der Waals surface area contributed by atoms with Gasteiger partial charge in [0.1, 0.15) is 6.04 Å². The fourth-order valence-electron chi connectivity index (χ4n) is 2.95. The Hall–Kier alpha value is -2.28. The molecule has 0 spiro atoms. The number of piperidine rings is 1. The minimum absolute atomic E-state index is 0.366. The molecule has 3 rings (SSSR count). The number of hydrogen-bond acceptors (Lipinski definition) is 5. The lowest BCUT2D eigenvalue weighted by molar-refractivity contribution is -0.144. The van der Waals surface area contributed by atoms with E-state index in [1.54, 1.807) is 4.80 Å². The number of rotatable bonds is 5. The standard InChI is InChI=1S/C16H21N5O2/c1-2-21-18-15(17-19-21)13-8-6-12(7-9-13)11-20-10-4-3-5-14(20)16(22)23/h6-9,14H,2-5,10-11H2,1H3,(H,22,23). The van der Waals surface area contributed by atoms with Crippen molar-refractivity contribution >= 4 is 5.97 Å². The first-order valence-corrected chi connectivity index (χ1v) is 8.01. The monoisotopic (exact) mass is 315 g/mol. The molecule has 0 bridgehead atoms. The molecule has 1 N–H and O–H groups in total. The molecule has 1 atom stereocenters. The van der Waals surface area contributed by atoms with Crippen molar-refractivity contribution < 1.29 is 9.90 Å². The number of nitrogens with zero attached hydrogens (tertiary/aromatic N) is 5. The zero-order valence-corrected chi connectivity index (χ0v) is 13.2. The van der Waals surface area contributed by atoms with Gasteiger partial charge in [-0.05, 0) is 37.1 Å². The average Bonchev–Trinajstić information content (AvgIpc) is 3.05. The van der Waals surface area contributed by atoms with E-state index in [1.165, 1.54) is 0 Å². The zero-order valence-electron chi connectivity index (χ0n) is 13.2. The summed E-state index contributed by atoms with van der Waals surface area (Å²) in [5.74, 6) is -0.110. The van der Waals surface area contributed by atoms with Gasteiger partial charge in [-0.1, -0.05) is 30.7 Å². The Labute approximate surface area is 134 Å². The van der Waals surface area contributed by atoms with Crippen molar-refractivity contribution in [3.8, 4) is 11.4 Å². The van der Waals surface area contributed by atoms with Crippen molar-refractivity contribution in [2.24, 2.45) is 0 Å². The first-order chi connectivity index (χ1) is 11.2. The average molecular weight is 315 g/mol. The molecule has 1 aliphatic heterocycles. The first kappa shape index (κ1) is 15.6. The minimum Gasteiger partial charge on any atom is -0.480 e. The van der Waals surface area contributed by atoms with Crippen LogP contribution >= 0.6 is 0 Å². The second-order valence-corrected chi connectivity index (χ2v) is 5.82. The maximum absolute atomic E-state index is 11.4. The van der Waals surface area contributed by atoms with Crippen LogP contribution in [0.3, 0.4) is 0 Å². The van der Waals surface area contributed by atoms with Crippen LogP contribution in [-0.2, 0) is 17.9 Å². The van der Waals surface area contributed by atoms with Crippen molar-refractivity contribution in [2.45, 2.75) is 45.3 Å². The van der Waals surface area contributed by atoms with E-state index in [0.717, 1.165) is 36.9 Å². The Morgan fingerprint density at radius 3 is 2.74 bits per heavy atom. The summed E-state index contributed by atoms with van der Waals surface area (Å²) in [6.07, 6.45) is 2.79. The molecule has 23 heavy (non-hydrogen) atoms. The van der Waals surface area contributed by atoms with Crippen LogP contribution in [0.25, 0.3) is 11.4 Å². The number of carbonyl (C=O) groups is 1. The molecule has 2 heterocycles. The van der Waals surface area contributed by atoms with Gasteiger partial charge in [0.05, 0.1) is 6.54 Å². The highest BCUT2D eigenvalue weighted by molar-refractivity contribution is 5.73. The molecular formula is C16H21N5O2. The predicted octanol–water partition coefficient (Wildman–Crippen LogP) is 1.80. The molecule has 0 amide bonds. The fourth-order valence-corrected chi connectivity index (χ4v) is 2.95. The lowest BCUT2D eigenvalue weighted by Crippen LogP contribution is -2.43. The van der Waals surface area contributed by atoms with Crippen LogP contribution in [0.2, 0.25) is 0 Å². The second-order valence-electron chi connectivity index (χ2n) is 5.82. The number of tetrazole rings is 1. The molecular weight excluding hydrogens is 294 g/mol. The van der Waals surface area contributed by atoms with Crippen molar-refractivity contribution in [1.29, 1.82) is 0 Å². The molecule has 1 aromatic carbocycles. The Morgan fingerprint density at radius 2 is 2.09 bits per heavy atom. The van der Waals surface area contributed by atoms with Crippen molar-refractivity contribution in [3.05, 3.63) is 29.8 Å². The summed E-state index contributed by atoms with van der Waals surface area (Å²) in [7, 11) is 0.